The SMILES string of the molecule is COc1ccc(C(NC(=O)CC(NC(C)=O)c2ccc(C)cc2)C2CC2)cc1. The fourth-order valence-corrected chi connectivity index (χ4v) is 3.43. The quantitative estimate of drug-likeness (QED) is 0.731. The maximum atomic E-state index is 12.8. The molecule has 5 heteroatoms. The molecule has 0 radical (unpaired) electrons. The van der Waals surface area contributed by atoms with Gasteiger partial charge >= 0.3 is 0 Å². The molecule has 2 atom stereocenters. The van der Waals surface area contributed by atoms with Crippen LogP contribution in [-0.4, -0.2) is 18.9 Å². The number of amides is 2. The van der Waals surface area contributed by atoms with Crippen LogP contribution in [0, 0.1) is 12.8 Å². The number of ether oxygens (including phenoxy) is 1. The second-order valence-electron chi connectivity index (χ2n) is 7.52. The molecule has 28 heavy (non-hydrogen) atoms. The molecular formula is C23H28N2O3. The van der Waals surface area contributed by atoms with Gasteiger partial charge in [-0.05, 0) is 48.9 Å². The molecule has 1 aliphatic carbocycles. The fourth-order valence-electron chi connectivity index (χ4n) is 3.43. The predicted molar refractivity (Wildman–Crippen MR) is 109 cm³/mol. The fraction of sp³-hybridized carbons (Fsp3) is 0.391. The van der Waals surface area contributed by atoms with E-state index in [1.807, 2.05) is 55.5 Å². The third kappa shape index (κ3) is 5.35. The highest BCUT2D eigenvalue weighted by molar-refractivity contribution is 5.79. The van der Waals surface area contributed by atoms with Crippen LogP contribution in [0.15, 0.2) is 48.5 Å². The van der Waals surface area contributed by atoms with Gasteiger partial charge in [0.1, 0.15) is 5.75 Å². The van der Waals surface area contributed by atoms with Crippen LogP contribution in [0.25, 0.3) is 0 Å². The van der Waals surface area contributed by atoms with Crippen molar-refractivity contribution in [3.05, 3.63) is 65.2 Å². The van der Waals surface area contributed by atoms with Crippen LogP contribution >= 0.6 is 0 Å². The van der Waals surface area contributed by atoms with E-state index in [0.29, 0.717) is 5.92 Å². The number of carbonyl (C=O) groups is 2. The average molecular weight is 380 g/mol. The van der Waals surface area contributed by atoms with Crippen molar-refractivity contribution >= 4 is 11.8 Å². The minimum atomic E-state index is -0.339. The third-order valence-electron chi connectivity index (χ3n) is 5.13. The second-order valence-corrected chi connectivity index (χ2v) is 7.52. The number of benzene rings is 2. The molecule has 148 valence electrons. The van der Waals surface area contributed by atoms with E-state index < -0.39 is 0 Å². The van der Waals surface area contributed by atoms with Gasteiger partial charge in [-0.25, -0.2) is 0 Å². The van der Waals surface area contributed by atoms with Crippen LogP contribution < -0.4 is 15.4 Å². The van der Waals surface area contributed by atoms with Gasteiger partial charge in [-0.15, -0.1) is 0 Å². The summed E-state index contributed by atoms with van der Waals surface area (Å²) in [4.78, 5) is 24.5. The normalized spacial score (nSPS) is 15.4. The minimum Gasteiger partial charge on any atom is -0.497 e. The Labute approximate surface area is 166 Å². The Morgan fingerprint density at radius 1 is 1.00 bits per heavy atom. The largest absolute Gasteiger partial charge is 0.497 e. The van der Waals surface area contributed by atoms with E-state index in [2.05, 4.69) is 10.6 Å². The van der Waals surface area contributed by atoms with Crippen molar-refractivity contribution < 1.29 is 14.3 Å². The van der Waals surface area contributed by atoms with Gasteiger partial charge in [0.15, 0.2) is 0 Å². The second kappa shape index (κ2) is 8.91. The van der Waals surface area contributed by atoms with E-state index in [9.17, 15) is 9.59 Å². The van der Waals surface area contributed by atoms with E-state index >= 15 is 0 Å². The standard InChI is InChI=1S/C23H28N2O3/c1-15-4-6-17(7-5-15)21(24-16(2)26)14-22(27)25-23(18-8-9-18)19-10-12-20(28-3)13-11-19/h4-7,10-13,18,21,23H,8-9,14H2,1-3H3,(H,24,26)(H,25,27). The van der Waals surface area contributed by atoms with Crippen molar-refractivity contribution in [3.63, 3.8) is 0 Å². The summed E-state index contributed by atoms with van der Waals surface area (Å²) < 4.78 is 5.23. The van der Waals surface area contributed by atoms with E-state index in [-0.39, 0.29) is 30.3 Å². The summed E-state index contributed by atoms with van der Waals surface area (Å²) in [6.45, 7) is 3.49. The predicted octanol–water partition coefficient (Wildman–Crippen LogP) is 3.84. The van der Waals surface area contributed by atoms with E-state index in [1.165, 1.54) is 6.92 Å². The zero-order chi connectivity index (χ0) is 20.1. The van der Waals surface area contributed by atoms with Gasteiger partial charge in [0.05, 0.1) is 25.6 Å². The molecule has 1 aliphatic rings. The summed E-state index contributed by atoms with van der Waals surface area (Å²) >= 11 is 0. The van der Waals surface area contributed by atoms with Crippen molar-refractivity contribution in [2.45, 2.75) is 45.2 Å². The zero-order valence-corrected chi connectivity index (χ0v) is 16.7. The summed E-state index contributed by atoms with van der Waals surface area (Å²) in [5.41, 5.74) is 3.16. The lowest BCUT2D eigenvalue weighted by molar-refractivity contribution is -0.123. The smallest absolute Gasteiger partial charge is 0.222 e. The van der Waals surface area contributed by atoms with Gasteiger partial charge in [0.2, 0.25) is 11.8 Å². The molecular weight excluding hydrogens is 352 g/mol. The van der Waals surface area contributed by atoms with Gasteiger partial charge < -0.3 is 15.4 Å². The lowest BCUT2D eigenvalue weighted by Crippen LogP contribution is -2.35. The number of nitrogens with one attached hydrogen (secondary N) is 2. The van der Waals surface area contributed by atoms with E-state index in [1.54, 1.807) is 7.11 Å². The number of methoxy groups -OCH3 is 1. The Hall–Kier alpha value is -2.82. The number of rotatable bonds is 8. The molecule has 2 amide bonds. The molecule has 2 N–H and O–H groups in total. The van der Waals surface area contributed by atoms with E-state index in [4.69, 9.17) is 4.74 Å². The molecule has 0 aliphatic heterocycles. The Balaban J connectivity index is 1.70. The Bertz CT molecular complexity index is 811. The molecule has 2 aromatic carbocycles. The molecule has 1 saturated carbocycles. The summed E-state index contributed by atoms with van der Waals surface area (Å²) in [6.07, 6.45) is 2.44. The van der Waals surface area contributed by atoms with Gasteiger partial charge in [0.25, 0.3) is 0 Å². The summed E-state index contributed by atoms with van der Waals surface area (Å²) in [5, 5.41) is 6.09. The highest BCUT2D eigenvalue weighted by atomic mass is 16.5. The first-order valence-corrected chi connectivity index (χ1v) is 9.73. The van der Waals surface area contributed by atoms with Crippen LogP contribution in [0.3, 0.4) is 0 Å². The van der Waals surface area contributed by atoms with E-state index in [0.717, 1.165) is 35.3 Å². The molecule has 3 rings (SSSR count). The van der Waals surface area contributed by atoms with Crippen molar-refractivity contribution in [3.8, 4) is 5.75 Å². The van der Waals surface area contributed by atoms with Gasteiger partial charge in [-0.1, -0.05) is 42.0 Å². The monoisotopic (exact) mass is 380 g/mol. The van der Waals surface area contributed by atoms with Crippen LogP contribution in [0.2, 0.25) is 0 Å². The molecule has 0 heterocycles. The summed E-state index contributed by atoms with van der Waals surface area (Å²) in [5.74, 6) is 1.06. The first-order chi connectivity index (χ1) is 13.5. The summed E-state index contributed by atoms with van der Waals surface area (Å²) in [7, 11) is 1.64. The molecule has 5 nitrogen and oxygen atoms in total. The number of hydrogen-bond donors (Lipinski definition) is 2. The van der Waals surface area contributed by atoms with Crippen LogP contribution in [0.1, 0.15) is 55.0 Å². The first-order valence-electron chi connectivity index (χ1n) is 9.73. The van der Waals surface area contributed by atoms with Crippen LogP contribution in [0.4, 0.5) is 0 Å². The van der Waals surface area contributed by atoms with Crippen molar-refractivity contribution in [1.29, 1.82) is 0 Å². The molecule has 2 aromatic rings. The maximum absolute atomic E-state index is 12.8. The van der Waals surface area contributed by atoms with Gasteiger partial charge in [-0.3, -0.25) is 9.59 Å². The lowest BCUT2D eigenvalue weighted by atomic mass is 9.99. The highest BCUT2D eigenvalue weighted by Gasteiger charge is 2.33. The topological polar surface area (TPSA) is 67.4 Å². The Morgan fingerprint density at radius 2 is 1.61 bits per heavy atom. The highest BCUT2D eigenvalue weighted by Crippen LogP contribution is 2.41. The molecule has 1 fully saturated rings. The average Bonchev–Trinajstić information content (AvgIpc) is 3.51. The molecule has 2 unspecified atom stereocenters. The molecule has 0 saturated heterocycles. The Morgan fingerprint density at radius 3 is 2.14 bits per heavy atom. The third-order valence-corrected chi connectivity index (χ3v) is 5.13. The van der Waals surface area contributed by atoms with Crippen molar-refractivity contribution in [2.75, 3.05) is 7.11 Å². The molecule has 0 spiro atoms. The number of aryl methyl sites for hydroxylation is 1. The lowest BCUT2D eigenvalue weighted by Gasteiger charge is -2.22. The van der Waals surface area contributed by atoms with Gasteiger partial charge in [-0.2, -0.15) is 0 Å². The van der Waals surface area contributed by atoms with Crippen molar-refractivity contribution in [1.82, 2.24) is 10.6 Å². The first kappa shape index (κ1) is 19.9. The van der Waals surface area contributed by atoms with Gasteiger partial charge in [0, 0.05) is 6.92 Å². The van der Waals surface area contributed by atoms with Crippen LogP contribution in [-0.2, 0) is 9.59 Å². The number of carbonyl (C=O) groups excluding carboxylic acids is 2. The van der Waals surface area contributed by atoms with Crippen molar-refractivity contribution in [2.24, 2.45) is 5.92 Å². The Kier molecular flexibility index (Phi) is 6.34. The molecule has 0 bridgehead atoms. The van der Waals surface area contributed by atoms with Crippen LogP contribution in [0.5, 0.6) is 5.75 Å². The zero-order valence-electron chi connectivity index (χ0n) is 16.7. The minimum absolute atomic E-state index is 0.00518. The number of hydrogen-bond acceptors (Lipinski definition) is 3. The molecule has 0 aromatic heterocycles. The maximum Gasteiger partial charge on any atom is 0.222 e. The summed E-state index contributed by atoms with van der Waals surface area (Å²) in [6, 6.07) is 15.4.